The first-order chi connectivity index (χ1) is 8.81. The molecule has 0 aromatic rings. The van der Waals surface area contributed by atoms with Crippen molar-refractivity contribution in [3.63, 3.8) is 0 Å². The third-order valence-corrected chi connectivity index (χ3v) is 3.29. The number of carbonyl (C=O) groups excluding carboxylic acids is 1. The van der Waals surface area contributed by atoms with Crippen molar-refractivity contribution in [3.8, 4) is 0 Å². The Bertz CT molecular complexity index is 162. The lowest BCUT2D eigenvalue weighted by Crippen LogP contribution is -2.02. The monoisotopic (exact) mass is 256 g/mol. The van der Waals surface area contributed by atoms with Gasteiger partial charge in [0.2, 0.25) is 0 Å². The zero-order valence-corrected chi connectivity index (χ0v) is 12.5. The second-order valence-electron chi connectivity index (χ2n) is 5.09. The highest BCUT2D eigenvalue weighted by Gasteiger charge is 1.99. The molecule has 0 aromatic carbocycles. The summed E-state index contributed by atoms with van der Waals surface area (Å²) in [6.07, 6.45) is 15.5. The third kappa shape index (κ3) is 13.5. The summed E-state index contributed by atoms with van der Waals surface area (Å²) in [6, 6.07) is 0. The topological polar surface area (TPSA) is 26.3 Å². The Labute approximate surface area is 113 Å². The molecule has 0 spiro atoms. The minimum absolute atomic E-state index is 0.0472. The van der Waals surface area contributed by atoms with Crippen LogP contribution in [-0.2, 0) is 9.53 Å². The number of hydrogen-bond donors (Lipinski definition) is 0. The summed E-state index contributed by atoms with van der Waals surface area (Å²) in [7, 11) is 0. The quantitative estimate of drug-likeness (QED) is 0.459. The summed E-state index contributed by atoms with van der Waals surface area (Å²) in [5, 5.41) is 0. The molecule has 0 saturated heterocycles. The van der Waals surface area contributed by atoms with Crippen molar-refractivity contribution in [2.24, 2.45) is 0 Å². The van der Waals surface area contributed by atoms with E-state index in [-0.39, 0.29) is 5.97 Å². The Kier molecular flexibility index (Phi) is 14.1. The fourth-order valence-corrected chi connectivity index (χ4v) is 2.17. The molecule has 18 heavy (non-hydrogen) atoms. The van der Waals surface area contributed by atoms with Gasteiger partial charge < -0.3 is 4.74 Å². The number of unbranched alkanes of at least 4 members (excludes halogenated alkanes) is 4. The molecule has 0 unspecified atom stereocenters. The van der Waals surface area contributed by atoms with Crippen molar-refractivity contribution >= 4 is 5.97 Å². The summed E-state index contributed by atoms with van der Waals surface area (Å²) < 4.78 is 4.81. The van der Waals surface area contributed by atoms with Crippen LogP contribution in [0, 0.1) is 0 Å². The second-order valence-corrected chi connectivity index (χ2v) is 5.09. The van der Waals surface area contributed by atoms with Crippen LogP contribution in [0.3, 0.4) is 0 Å². The molecule has 1 fully saturated rings. The van der Waals surface area contributed by atoms with Crippen molar-refractivity contribution in [2.75, 3.05) is 6.61 Å². The van der Waals surface area contributed by atoms with Gasteiger partial charge in [-0.3, -0.25) is 4.79 Å². The molecule has 0 aliphatic heterocycles. The van der Waals surface area contributed by atoms with Crippen LogP contribution in [0.15, 0.2) is 0 Å². The van der Waals surface area contributed by atoms with Crippen molar-refractivity contribution in [1.29, 1.82) is 0 Å². The van der Waals surface area contributed by atoms with Gasteiger partial charge in [0.25, 0.3) is 0 Å². The van der Waals surface area contributed by atoms with E-state index < -0.39 is 0 Å². The minimum Gasteiger partial charge on any atom is -0.466 e. The van der Waals surface area contributed by atoms with E-state index in [9.17, 15) is 4.79 Å². The molecule has 108 valence electrons. The van der Waals surface area contributed by atoms with E-state index in [4.69, 9.17) is 4.74 Å². The molecule has 0 radical (unpaired) electrons. The molecule has 2 heteroatoms. The molecule has 0 bridgehead atoms. The van der Waals surface area contributed by atoms with Crippen LogP contribution in [0.1, 0.15) is 90.9 Å². The molecule has 1 saturated carbocycles. The Morgan fingerprint density at radius 1 is 0.833 bits per heavy atom. The molecule has 0 atom stereocenters. The first kappa shape index (κ1) is 17.5. The van der Waals surface area contributed by atoms with E-state index in [1.54, 1.807) is 0 Å². The van der Waals surface area contributed by atoms with Crippen LogP contribution in [0.5, 0.6) is 0 Å². The van der Waals surface area contributed by atoms with Gasteiger partial charge in [-0.25, -0.2) is 0 Å². The summed E-state index contributed by atoms with van der Waals surface area (Å²) in [5.41, 5.74) is 0. The van der Waals surface area contributed by atoms with Crippen LogP contribution in [-0.4, -0.2) is 12.6 Å². The number of ether oxygens (including phenoxy) is 1. The Balaban J connectivity index is 0.000000397. The normalized spacial score (nSPS) is 14.6. The first-order valence-electron chi connectivity index (χ1n) is 7.96. The van der Waals surface area contributed by atoms with Crippen molar-refractivity contribution < 1.29 is 9.53 Å². The average Bonchev–Trinajstić information content (AvgIpc) is 2.41. The highest BCUT2D eigenvalue weighted by Crippen LogP contribution is 2.15. The fraction of sp³-hybridized carbons (Fsp3) is 0.938. The summed E-state index contributed by atoms with van der Waals surface area (Å²) >= 11 is 0. The summed E-state index contributed by atoms with van der Waals surface area (Å²) in [6.45, 7) is 4.54. The summed E-state index contributed by atoms with van der Waals surface area (Å²) in [5.74, 6) is -0.0472. The van der Waals surface area contributed by atoms with Gasteiger partial charge in [0.15, 0.2) is 0 Å². The van der Waals surface area contributed by atoms with E-state index in [1.165, 1.54) is 57.8 Å². The maximum atomic E-state index is 10.9. The molecular formula is C16H32O2. The number of carbonyl (C=O) groups is 1. The average molecular weight is 256 g/mol. The van der Waals surface area contributed by atoms with Crippen LogP contribution >= 0.6 is 0 Å². The van der Waals surface area contributed by atoms with Gasteiger partial charge in [0, 0.05) is 6.42 Å². The van der Waals surface area contributed by atoms with E-state index in [0.29, 0.717) is 13.0 Å². The largest absolute Gasteiger partial charge is 0.466 e. The molecular weight excluding hydrogens is 224 g/mol. The molecule has 1 rings (SSSR count). The predicted octanol–water partition coefficient (Wildman–Crippen LogP) is 5.25. The lowest BCUT2D eigenvalue weighted by Gasteiger charge is -2.05. The van der Waals surface area contributed by atoms with Crippen molar-refractivity contribution in [2.45, 2.75) is 90.9 Å². The van der Waals surface area contributed by atoms with Gasteiger partial charge in [-0.1, -0.05) is 71.1 Å². The van der Waals surface area contributed by atoms with Gasteiger partial charge >= 0.3 is 5.97 Å². The molecule has 0 amide bonds. The maximum Gasteiger partial charge on any atom is 0.305 e. The lowest BCUT2D eigenvalue weighted by molar-refractivity contribution is -0.143. The van der Waals surface area contributed by atoms with Crippen LogP contribution < -0.4 is 0 Å². The fourth-order valence-electron chi connectivity index (χ4n) is 2.17. The van der Waals surface area contributed by atoms with Gasteiger partial charge in [0.1, 0.15) is 0 Å². The Hall–Kier alpha value is -0.530. The van der Waals surface area contributed by atoms with Crippen molar-refractivity contribution in [3.05, 3.63) is 0 Å². The molecule has 1 aliphatic rings. The van der Waals surface area contributed by atoms with Crippen molar-refractivity contribution in [1.82, 2.24) is 0 Å². The van der Waals surface area contributed by atoms with E-state index in [2.05, 4.69) is 6.92 Å². The summed E-state index contributed by atoms with van der Waals surface area (Å²) in [4.78, 5) is 10.9. The number of hydrogen-bond acceptors (Lipinski definition) is 2. The lowest BCUT2D eigenvalue weighted by atomic mass is 10.0. The van der Waals surface area contributed by atoms with Gasteiger partial charge in [-0.05, 0) is 13.3 Å². The first-order valence-corrected chi connectivity index (χ1v) is 7.96. The highest BCUT2D eigenvalue weighted by atomic mass is 16.5. The smallest absolute Gasteiger partial charge is 0.305 e. The van der Waals surface area contributed by atoms with Gasteiger partial charge in [-0.15, -0.1) is 0 Å². The van der Waals surface area contributed by atoms with Crippen LogP contribution in [0.2, 0.25) is 0 Å². The molecule has 0 heterocycles. The zero-order valence-electron chi connectivity index (χ0n) is 12.5. The Morgan fingerprint density at radius 3 is 1.78 bits per heavy atom. The molecule has 1 aliphatic carbocycles. The van der Waals surface area contributed by atoms with E-state index in [1.807, 2.05) is 6.92 Å². The van der Waals surface area contributed by atoms with E-state index in [0.717, 1.165) is 12.8 Å². The number of rotatable bonds is 7. The third-order valence-electron chi connectivity index (χ3n) is 3.29. The molecule has 0 N–H and O–H groups in total. The van der Waals surface area contributed by atoms with Gasteiger partial charge in [0.05, 0.1) is 6.61 Å². The standard InChI is InChI=1S/C10H20O2.C6H12/c1-3-5-6-7-8-9-10(11)12-4-2;1-2-4-6-5-3-1/h3-9H2,1-2H3;1-6H2. The van der Waals surface area contributed by atoms with E-state index >= 15 is 0 Å². The maximum absolute atomic E-state index is 10.9. The highest BCUT2D eigenvalue weighted by molar-refractivity contribution is 5.69. The van der Waals surface area contributed by atoms with Crippen LogP contribution in [0.25, 0.3) is 0 Å². The Morgan fingerprint density at radius 2 is 1.33 bits per heavy atom. The zero-order chi connectivity index (χ0) is 13.5. The predicted molar refractivity (Wildman–Crippen MR) is 77.7 cm³/mol. The minimum atomic E-state index is -0.0472. The van der Waals surface area contributed by atoms with Gasteiger partial charge in [-0.2, -0.15) is 0 Å². The SMILES string of the molecule is C1CCCCC1.CCCCCCCC(=O)OCC. The van der Waals surface area contributed by atoms with Crippen LogP contribution in [0.4, 0.5) is 0 Å². The molecule has 0 aromatic heterocycles. The number of esters is 1. The molecule has 2 nitrogen and oxygen atoms in total. The second kappa shape index (κ2) is 14.5.